The summed E-state index contributed by atoms with van der Waals surface area (Å²) in [7, 11) is 0. The van der Waals surface area contributed by atoms with Gasteiger partial charge in [0.25, 0.3) is 0 Å². The van der Waals surface area contributed by atoms with Gasteiger partial charge >= 0.3 is 0 Å². The molecule has 1 aromatic heterocycles. The fourth-order valence-electron chi connectivity index (χ4n) is 2.03. The Hall–Kier alpha value is -1.43. The van der Waals surface area contributed by atoms with E-state index in [1.165, 1.54) is 16.7 Å². The van der Waals surface area contributed by atoms with E-state index in [4.69, 9.17) is 35.4 Å². The van der Waals surface area contributed by atoms with Crippen molar-refractivity contribution in [2.75, 3.05) is 0 Å². The van der Waals surface area contributed by atoms with Crippen LogP contribution in [0.25, 0.3) is 16.7 Å². The summed E-state index contributed by atoms with van der Waals surface area (Å²) in [6.45, 7) is 0. The van der Waals surface area contributed by atoms with Crippen molar-refractivity contribution in [3.8, 4) is 5.69 Å². The average Bonchev–Trinajstić information content (AvgIpc) is 2.67. The van der Waals surface area contributed by atoms with Crippen molar-refractivity contribution in [2.24, 2.45) is 0 Å². The van der Waals surface area contributed by atoms with E-state index in [-0.39, 0.29) is 15.5 Å². The zero-order valence-electron chi connectivity index (χ0n) is 9.75. The van der Waals surface area contributed by atoms with Crippen LogP contribution in [0.2, 0.25) is 10.0 Å². The van der Waals surface area contributed by atoms with Crippen LogP contribution in [-0.2, 0) is 0 Å². The maximum atomic E-state index is 13.9. The highest BCUT2D eigenvalue weighted by Crippen LogP contribution is 2.30. The maximum absolute atomic E-state index is 13.9. The van der Waals surface area contributed by atoms with Crippen LogP contribution in [0.15, 0.2) is 30.3 Å². The first-order chi connectivity index (χ1) is 9.49. The number of hydrogen-bond acceptors (Lipinski definition) is 1. The first kappa shape index (κ1) is 13.5. The van der Waals surface area contributed by atoms with E-state index in [1.807, 2.05) is 0 Å². The largest absolute Gasteiger partial charge is 0.330 e. The molecule has 1 N–H and O–H groups in total. The first-order valence-corrected chi connectivity index (χ1v) is 6.69. The summed E-state index contributed by atoms with van der Waals surface area (Å²) in [5.41, 5.74) is 0.752. The molecule has 0 aliphatic rings. The van der Waals surface area contributed by atoms with Gasteiger partial charge in [0.05, 0.1) is 21.1 Å². The SMILES string of the molecule is Fc1cccc(F)c1-n1c(=S)[nH]c2cc(Cl)c(Cl)cc21. The Bertz CT molecular complexity index is 866. The number of fused-ring (bicyclic) bond motifs is 1. The predicted octanol–water partition coefficient (Wildman–Crippen LogP) is 5.27. The molecule has 0 aliphatic carbocycles. The molecule has 20 heavy (non-hydrogen) atoms. The third kappa shape index (κ3) is 2.02. The van der Waals surface area contributed by atoms with Gasteiger partial charge in [-0.2, -0.15) is 0 Å². The number of imidazole rings is 1. The van der Waals surface area contributed by atoms with E-state index >= 15 is 0 Å². The molecule has 0 fully saturated rings. The molecule has 0 saturated heterocycles. The molecule has 2 aromatic carbocycles. The molecule has 0 spiro atoms. The van der Waals surface area contributed by atoms with E-state index in [9.17, 15) is 8.78 Å². The van der Waals surface area contributed by atoms with Crippen molar-refractivity contribution >= 4 is 46.5 Å². The number of aromatic amines is 1. The van der Waals surface area contributed by atoms with Crippen molar-refractivity contribution in [3.63, 3.8) is 0 Å². The number of H-pyrrole nitrogens is 1. The molecule has 0 amide bonds. The van der Waals surface area contributed by atoms with Gasteiger partial charge in [-0.25, -0.2) is 8.78 Å². The van der Waals surface area contributed by atoms with Crippen LogP contribution in [0.1, 0.15) is 0 Å². The molecule has 0 radical (unpaired) electrons. The zero-order chi connectivity index (χ0) is 14.4. The summed E-state index contributed by atoms with van der Waals surface area (Å²) >= 11 is 17.0. The van der Waals surface area contributed by atoms with Gasteiger partial charge in [0.1, 0.15) is 17.3 Å². The van der Waals surface area contributed by atoms with Crippen LogP contribution in [0.4, 0.5) is 8.78 Å². The van der Waals surface area contributed by atoms with Gasteiger partial charge in [-0.3, -0.25) is 4.57 Å². The van der Waals surface area contributed by atoms with Gasteiger partial charge in [0.15, 0.2) is 4.77 Å². The molecule has 2 nitrogen and oxygen atoms in total. The van der Waals surface area contributed by atoms with Crippen molar-refractivity contribution < 1.29 is 8.78 Å². The summed E-state index contributed by atoms with van der Waals surface area (Å²) in [6, 6.07) is 6.69. The summed E-state index contributed by atoms with van der Waals surface area (Å²) in [4.78, 5) is 2.85. The number of nitrogens with zero attached hydrogens (tertiary/aromatic N) is 1. The maximum Gasteiger partial charge on any atom is 0.182 e. The molecular formula is C13H6Cl2F2N2S. The topological polar surface area (TPSA) is 20.7 Å². The lowest BCUT2D eigenvalue weighted by atomic mass is 10.2. The molecule has 0 aliphatic heterocycles. The van der Waals surface area contributed by atoms with Crippen LogP contribution < -0.4 is 0 Å². The smallest absolute Gasteiger partial charge is 0.182 e. The molecular weight excluding hydrogens is 325 g/mol. The van der Waals surface area contributed by atoms with Crippen LogP contribution in [0, 0.1) is 16.4 Å². The quantitative estimate of drug-likeness (QED) is 0.602. The monoisotopic (exact) mass is 330 g/mol. The van der Waals surface area contributed by atoms with Gasteiger partial charge in [0.2, 0.25) is 0 Å². The van der Waals surface area contributed by atoms with Crippen LogP contribution in [0.3, 0.4) is 0 Å². The third-order valence-corrected chi connectivity index (χ3v) is 3.89. The number of nitrogens with one attached hydrogen (secondary N) is 1. The highest BCUT2D eigenvalue weighted by Gasteiger charge is 2.16. The van der Waals surface area contributed by atoms with Crippen molar-refractivity contribution in [2.45, 2.75) is 0 Å². The normalized spacial score (nSPS) is 11.2. The Balaban J connectivity index is 2.46. The number of aromatic nitrogens is 2. The second-order valence-electron chi connectivity index (χ2n) is 4.12. The first-order valence-electron chi connectivity index (χ1n) is 5.53. The second-order valence-corrected chi connectivity index (χ2v) is 5.32. The van der Waals surface area contributed by atoms with E-state index in [1.54, 1.807) is 6.07 Å². The van der Waals surface area contributed by atoms with Gasteiger partial charge < -0.3 is 4.98 Å². The number of para-hydroxylation sites is 1. The molecule has 102 valence electrons. The number of benzene rings is 2. The van der Waals surface area contributed by atoms with Gasteiger partial charge in [-0.15, -0.1) is 0 Å². The van der Waals surface area contributed by atoms with Crippen LogP contribution >= 0.6 is 35.4 Å². The summed E-state index contributed by atoms with van der Waals surface area (Å²) in [6.07, 6.45) is 0. The predicted molar refractivity (Wildman–Crippen MR) is 78.4 cm³/mol. The molecule has 1 heterocycles. The van der Waals surface area contributed by atoms with E-state index in [0.29, 0.717) is 16.1 Å². The van der Waals surface area contributed by atoms with E-state index in [0.717, 1.165) is 12.1 Å². The Labute approximate surface area is 127 Å². The zero-order valence-corrected chi connectivity index (χ0v) is 12.1. The molecule has 7 heteroatoms. The molecule has 3 aromatic rings. The molecule has 0 bridgehead atoms. The molecule has 3 rings (SSSR count). The Morgan fingerprint density at radius 2 is 1.65 bits per heavy atom. The summed E-state index contributed by atoms with van der Waals surface area (Å²) in [5, 5.41) is 0.607. The van der Waals surface area contributed by atoms with Crippen molar-refractivity contribution in [1.82, 2.24) is 9.55 Å². The fraction of sp³-hybridized carbons (Fsp3) is 0. The fourth-order valence-corrected chi connectivity index (χ4v) is 2.65. The van der Waals surface area contributed by atoms with E-state index < -0.39 is 11.6 Å². The van der Waals surface area contributed by atoms with Gasteiger partial charge in [-0.05, 0) is 36.5 Å². The van der Waals surface area contributed by atoms with Gasteiger partial charge in [-0.1, -0.05) is 29.3 Å². The minimum Gasteiger partial charge on any atom is -0.330 e. The highest BCUT2D eigenvalue weighted by atomic mass is 35.5. The Kier molecular flexibility index (Phi) is 3.28. The van der Waals surface area contributed by atoms with E-state index in [2.05, 4.69) is 4.98 Å². The minimum absolute atomic E-state index is 0.155. The van der Waals surface area contributed by atoms with Crippen LogP contribution in [0.5, 0.6) is 0 Å². The number of hydrogen-bond donors (Lipinski definition) is 1. The van der Waals surface area contributed by atoms with Gasteiger partial charge in [0, 0.05) is 0 Å². The van der Waals surface area contributed by atoms with Crippen molar-refractivity contribution in [1.29, 1.82) is 0 Å². The van der Waals surface area contributed by atoms with Crippen molar-refractivity contribution in [3.05, 3.63) is 56.8 Å². The number of halogens is 4. The molecule has 0 atom stereocenters. The Morgan fingerprint density at radius 3 is 2.30 bits per heavy atom. The lowest BCUT2D eigenvalue weighted by molar-refractivity contribution is 0.570. The highest BCUT2D eigenvalue weighted by molar-refractivity contribution is 7.71. The Morgan fingerprint density at radius 1 is 1.05 bits per heavy atom. The lowest BCUT2D eigenvalue weighted by Gasteiger charge is -2.07. The lowest BCUT2D eigenvalue weighted by Crippen LogP contribution is -2.01. The second kappa shape index (κ2) is 4.84. The average molecular weight is 331 g/mol. The third-order valence-electron chi connectivity index (χ3n) is 2.89. The van der Waals surface area contributed by atoms with Crippen LogP contribution in [-0.4, -0.2) is 9.55 Å². The summed E-state index contributed by atoms with van der Waals surface area (Å²) in [5.74, 6) is -1.43. The minimum atomic E-state index is -0.715. The summed E-state index contributed by atoms with van der Waals surface area (Å²) < 4.78 is 29.3. The molecule has 0 saturated carbocycles. The number of rotatable bonds is 1. The standard InChI is InChI=1S/C13H6Cl2F2N2S/c14-6-4-10-11(5-7(6)15)19(13(20)18-10)12-8(16)2-1-3-9(12)17/h1-5H,(H,18,20). The molecule has 0 unspecified atom stereocenters.